The van der Waals surface area contributed by atoms with Crippen LogP contribution in [0.5, 0.6) is 0 Å². The number of morpholine rings is 1. The second kappa shape index (κ2) is 7.71. The number of nitrogens with one attached hydrogen (secondary N) is 2. The molecule has 2 heterocycles. The molecular formula is C13H25N3O2. The fourth-order valence-corrected chi connectivity index (χ4v) is 2.54. The summed E-state index contributed by atoms with van der Waals surface area (Å²) >= 11 is 0. The molecule has 2 aliphatic heterocycles. The molecule has 5 nitrogen and oxygen atoms in total. The first kappa shape index (κ1) is 13.8. The summed E-state index contributed by atoms with van der Waals surface area (Å²) in [7, 11) is 0. The van der Waals surface area contributed by atoms with Crippen molar-refractivity contribution in [2.45, 2.75) is 31.8 Å². The van der Waals surface area contributed by atoms with Gasteiger partial charge < -0.3 is 20.3 Å². The highest BCUT2D eigenvalue weighted by molar-refractivity contribution is 5.81. The summed E-state index contributed by atoms with van der Waals surface area (Å²) in [5.41, 5.74) is 0. The van der Waals surface area contributed by atoms with E-state index < -0.39 is 0 Å². The van der Waals surface area contributed by atoms with Gasteiger partial charge in [-0.1, -0.05) is 6.42 Å². The molecule has 2 saturated heterocycles. The summed E-state index contributed by atoms with van der Waals surface area (Å²) in [4.78, 5) is 14.3. The SMILES string of the molecule is O=C(NCCCN1CCCCC1)C1CNCCO1. The van der Waals surface area contributed by atoms with E-state index >= 15 is 0 Å². The van der Waals surface area contributed by atoms with E-state index in [0.29, 0.717) is 13.2 Å². The Balaban J connectivity index is 1.52. The number of carbonyl (C=O) groups is 1. The van der Waals surface area contributed by atoms with Crippen molar-refractivity contribution < 1.29 is 9.53 Å². The molecule has 104 valence electrons. The third kappa shape index (κ3) is 4.55. The average Bonchev–Trinajstić information content (AvgIpc) is 2.45. The Morgan fingerprint density at radius 2 is 2.17 bits per heavy atom. The molecular weight excluding hydrogens is 230 g/mol. The highest BCUT2D eigenvalue weighted by Crippen LogP contribution is 2.08. The molecule has 2 rings (SSSR count). The van der Waals surface area contributed by atoms with Crippen molar-refractivity contribution in [2.24, 2.45) is 0 Å². The minimum Gasteiger partial charge on any atom is -0.366 e. The number of likely N-dealkylation sites (tertiary alicyclic amines) is 1. The van der Waals surface area contributed by atoms with Crippen LogP contribution in [0, 0.1) is 0 Å². The highest BCUT2D eigenvalue weighted by atomic mass is 16.5. The zero-order chi connectivity index (χ0) is 12.6. The van der Waals surface area contributed by atoms with Crippen molar-refractivity contribution >= 4 is 5.91 Å². The smallest absolute Gasteiger partial charge is 0.250 e. The van der Waals surface area contributed by atoms with Crippen LogP contribution in [0.2, 0.25) is 0 Å². The van der Waals surface area contributed by atoms with Crippen LogP contribution in [-0.2, 0) is 9.53 Å². The maximum Gasteiger partial charge on any atom is 0.250 e. The van der Waals surface area contributed by atoms with E-state index in [-0.39, 0.29) is 12.0 Å². The second-order valence-corrected chi connectivity index (χ2v) is 5.11. The predicted molar refractivity (Wildman–Crippen MR) is 70.5 cm³/mol. The van der Waals surface area contributed by atoms with Gasteiger partial charge in [0, 0.05) is 19.6 Å². The number of piperidine rings is 1. The lowest BCUT2D eigenvalue weighted by molar-refractivity contribution is -0.134. The fraction of sp³-hybridized carbons (Fsp3) is 0.923. The van der Waals surface area contributed by atoms with Gasteiger partial charge in [0.05, 0.1) is 6.61 Å². The van der Waals surface area contributed by atoms with Crippen molar-refractivity contribution in [3.8, 4) is 0 Å². The van der Waals surface area contributed by atoms with Gasteiger partial charge in [-0.2, -0.15) is 0 Å². The van der Waals surface area contributed by atoms with E-state index in [1.165, 1.54) is 32.4 Å². The maximum atomic E-state index is 11.8. The van der Waals surface area contributed by atoms with Gasteiger partial charge in [-0.25, -0.2) is 0 Å². The lowest BCUT2D eigenvalue weighted by Gasteiger charge is -2.26. The summed E-state index contributed by atoms with van der Waals surface area (Å²) in [5, 5.41) is 6.13. The van der Waals surface area contributed by atoms with Crippen molar-refractivity contribution in [3.63, 3.8) is 0 Å². The van der Waals surface area contributed by atoms with Gasteiger partial charge in [0.25, 0.3) is 0 Å². The third-order valence-corrected chi connectivity index (χ3v) is 3.62. The van der Waals surface area contributed by atoms with Crippen LogP contribution in [-0.4, -0.2) is 62.8 Å². The Hall–Kier alpha value is -0.650. The van der Waals surface area contributed by atoms with Crippen molar-refractivity contribution in [2.75, 3.05) is 45.9 Å². The first-order valence-electron chi connectivity index (χ1n) is 7.18. The van der Waals surface area contributed by atoms with E-state index in [4.69, 9.17) is 4.74 Å². The monoisotopic (exact) mass is 255 g/mol. The zero-order valence-electron chi connectivity index (χ0n) is 11.1. The normalized spacial score (nSPS) is 25.9. The van der Waals surface area contributed by atoms with E-state index in [9.17, 15) is 4.79 Å². The van der Waals surface area contributed by atoms with Gasteiger partial charge in [0.15, 0.2) is 0 Å². The molecule has 0 radical (unpaired) electrons. The highest BCUT2D eigenvalue weighted by Gasteiger charge is 2.21. The molecule has 0 aromatic carbocycles. The number of rotatable bonds is 5. The second-order valence-electron chi connectivity index (χ2n) is 5.11. The summed E-state index contributed by atoms with van der Waals surface area (Å²) < 4.78 is 5.40. The van der Waals surface area contributed by atoms with Crippen molar-refractivity contribution in [1.82, 2.24) is 15.5 Å². The summed E-state index contributed by atoms with van der Waals surface area (Å²) in [6, 6.07) is 0. The largest absolute Gasteiger partial charge is 0.366 e. The van der Waals surface area contributed by atoms with Gasteiger partial charge in [-0.05, 0) is 38.9 Å². The van der Waals surface area contributed by atoms with Crippen LogP contribution in [0.3, 0.4) is 0 Å². The number of amides is 1. The van der Waals surface area contributed by atoms with E-state index in [1.54, 1.807) is 0 Å². The van der Waals surface area contributed by atoms with Crippen LogP contribution in [0.1, 0.15) is 25.7 Å². The van der Waals surface area contributed by atoms with E-state index in [0.717, 1.165) is 26.1 Å². The molecule has 0 aromatic heterocycles. The summed E-state index contributed by atoms with van der Waals surface area (Å²) in [6.07, 6.45) is 4.77. The predicted octanol–water partition coefficient (Wildman–Crippen LogP) is -0.0330. The first-order chi connectivity index (χ1) is 8.86. The van der Waals surface area contributed by atoms with E-state index in [2.05, 4.69) is 15.5 Å². The van der Waals surface area contributed by atoms with Crippen LogP contribution in [0.25, 0.3) is 0 Å². The van der Waals surface area contributed by atoms with Crippen LogP contribution in [0.15, 0.2) is 0 Å². The number of ether oxygens (including phenoxy) is 1. The van der Waals surface area contributed by atoms with Gasteiger partial charge in [-0.3, -0.25) is 4.79 Å². The molecule has 18 heavy (non-hydrogen) atoms. The standard InChI is InChI=1S/C13H25N3O2/c17-13(12-11-14-6-10-18-12)15-5-4-9-16-7-2-1-3-8-16/h12,14H,1-11H2,(H,15,17). The molecule has 0 aliphatic carbocycles. The van der Waals surface area contributed by atoms with Crippen LogP contribution >= 0.6 is 0 Å². The third-order valence-electron chi connectivity index (χ3n) is 3.62. The van der Waals surface area contributed by atoms with Gasteiger partial charge in [-0.15, -0.1) is 0 Å². The van der Waals surface area contributed by atoms with E-state index in [1.807, 2.05) is 0 Å². The number of hydrogen-bond acceptors (Lipinski definition) is 4. The number of nitrogens with zero attached hydrogens (tertiary/aromatic N) is 1. The molecule has 0 spiro atoms. The maximum absolute atomic E-state index is 11.8. The Labute approximate surface area is 109 Å². The molecule has 2 N–H and O–H groups in total. The minimum absolute atomic E-state index is 0.0286. The summed E-state index contributed by atoms with van der Waals surface area (Å²) in [6.45, 7) is 6.43. The quantitative estimate of drug-likeness (QED) is 0.677. The van der Waals surface area contributed by atoms with Crippen LogP contribution < -0.4 is 10.6 Å². The number of carbonyl (C=O) groups excluding carboxylic acids is 1. The van der Waals surface area contributed by atoms with Crippen LogP contribution in [0.4, 0.5) is 0 Å². The molecule has 0 saturated carbocycles. The molecule has 2 aliphatic rings. The minimum atomic E-state index is -0.297. The zero-order valence-corrected chi connectivity index (χ0v) is 11.1. The fourth-order valence-electron chi connectivity index (χ4n) is 2.54. The molecule has 0 bridgehead atoms. The van der Waals surface area contributed by atoms with Gasteiger partial charge in [0.2, 0.25) is 5.91 Å². The Morgan fingerprint density at radius 1 is 1.33 bits per heavy atom. The van der Waals surface area contributed by atoms with Crippen molar-refractivity contribution in [1.29, 1.82) is 0 Å². The van der Waals surface area contributed by atoms with Crippen molar-refractivity contribution in [3.05, 3.63) is 0 Å². The molecule has 1 unspecified atom stereocenters. The summed E-state index contributed by atoms with van der Waals surface area (Å²) in [5.74, 6) is 0.0286. The Morgan fingerprint density at radius 3 is 2.89 bits per heavy atom. The lowest BCUT2D eigenvalue weighted by atomic mass is 10.1. The Bertz CT molecular complexity index is 249. The lowest BCUT2D eigenvalue weighted by Crippen LogP contribution is -2.48. The average molecular weight is 255 g/mol. The van der Waals surface area contributed by atoms with Gasteiger partial charge in [0.1, 0.15) is 6.10 Å². The first-order valence-corrected chi connectivity index (χ1v) is 7.18. The molecule has 0 aromatic rings. The molecule has 2 fully saturated rings. The molecule has 5 heteroatoms. The Kier molecular flexibility index (Phi) is 5.90. The molecule has 1 atom stereocenters. The van der Waals surface area contributed by atoms with Gasteiger partial charge >= 0.3 is 0 Å². The number of hydrogen-bond donors (Lipinski definition) is 2. The topological polar surface area (TPSA) is 53.6 Å². The molecule has 1 amide bonds.